The monoisotopic (exact) mass is 410 g/mol. The average Bonchev–Trinajstić information content (AvgIpc) is 2.92. The summed E-state index contributed by atoms with van der Waals surface area (Å²) in [5.41, 5.74) is -0.847. The molecule has 2 heterocycles. The fourth-order valence-electron chi connectivity index (χ4n) is 4.53. The van der Waals surface area contributed by atoms with E-state index in [0.29, 0.717) is 44.7 Å². The Morgan fingerprint density at radius 1 is 1.00 bits per heavy atom. The topological polar surface area (TPSA) is 55.9 Å². The van der Waals surface area contributed by atoms with Gasteiger partial charge in [-0.1, -0.05) is 25.3 Å². The molecule has 29 heavy (non-hydrogen) atoms. The first-order chi connectivity index (χ1) is 13.8. The molecule has 1 saturated carbocycles. The summed E-state index contributed by atoms with van der Waals surface area (Å²) < 4.78 is 38.8. The lowest BCUT2D eigenvalue weighted by Crippen LogP contribution is -2.52. The lowest BCUT2D eigenvalue weighted by Gasteiger charge is -2.37. The molecular formula is C20H25F3N4O2. The van der Waals surface area contributed by atoms with E-state index >= 15 is 0 Å². The third kappa shape index (κ3) is 3.92. The van der Waals surface area contributed by atoms with Gasteiger partial charge in [-0.2, -0.15) is 13.2 Å². The van der Waals surface area contributed by atoms with Gasteiger partial charge in [0.15, 0.2) is 0 Å². The molecule has 1 aromatic carbocycles. The van der Waals surface area contributed by atoms with E-state index in [1.54, 1.807) is 6.07 Å². The van der Waals surface area contributed by atoms with Crippen LogP contribution in [0.1, 0.15) is 37.7 Å². The summed E-state index contributed by atoms with van der Waals surface area (Å²) in [5.74, 6) is -0.137. The number of anilines is 1. The summed E-state index contributed by atoms with van der Waals surface area (Å²) in [6, 6.07) is 4.99. The number of carbonyl (C=O) groups is 2. The Labute approximate surface area is 167 Å². The van der Waals surface area contributed by atoms with Crippen LogP contribution in [0, 0.1) is 0 Å². The van der Waals surface area contributed by atoms with Gasteiger partial charge in [-0.3, -0.25) is 9.69 Å². The van der Waals surface area contributed by atoms with Gasteiger partial charge >= 0.3 is 12.2 Å². The minimum atomic E-state index is -4.36. The van der Waals surface area contributed by atoms with Crippen LogP contribution in [0.2, 0.25) is 0 Å². The van der Waals surface area contributed by atoms with Gasteiger partial charge in [-0.15, -0.1) is 0 Å². The highest BCUT2D eigenvalue weighted by atomic mass is 19.4. The van der Waals surface area contributed by atoms with Gasteiger partial charge in [-0.05, 0) is 31.0 Å². The molecule has 1 aliphatic carbocycles. The Bertz CT molecular complexity index is 784. The van der Waals surface area contributed by atoms with Crippen molar-refractivity contribution in [3.63, 3.8) is 0 Å². The van der Waals surface area contributed by atoms with Crippen LogP contribution in [0.25, 0.3) is 0 Å². The molecule has 3 aliphatic rings. The fourth-order valence-corrected chi connectivity index (χ4v) is 4.53. The van der Waals surface area contributed by atoms with Gasteiger partial charge in [0.25, 0.3) is 5.91 Å². The van der Waals surface area contributed by atoms with Gasteiger partial charge < -0.3 is 10.2 Å². The first kappa shape index (κ1) is 20.0. The predicted molar refractivity (Wildman–Crippen MR) is 101 cm³/mol. The lowest BCUT2D eigenvalue weighted by atomic mass is 9.82. The van der Waals surface area contributed by atoms with Crippen LogP contribution in [0.15, 0.2) is 24.3 Å². The van der Waals surface area contributed by atoms with E-state index < -0.39 is 17.3 Å². The van der Waals surface area contributed by atoms with Crippen LogP contribution < -0.4 is 10.2 Å². The molecule has 0 radical (unpaired) electrons. The number of nitrogens with one attached hydrogen (secondary N) is 1. The molecule has 2 aliphatic heterocycles. The predicted octanol–water partition coefficient (Wildman–Crippen LogP) is 3.04. The minimum Gasteiger partial charge on any atom is -0.369 e. The van der Waals surface area contributed by atoms with E-state index in [1.807, 2.05) is 9.80 Å². The first-order valence-corrected chi connectivity index (χ1v) is 10.1. The highest BCUT2D eigenvalue weighted by molar-refractivity contribution is 6.07. The maximum atomic E-state index is 12.9. The second kappa shape index (κ2) is 7.51. The highest BCUT2D eigenvalue weighted by Gasteiger charge is 2.51. The van der Waals surface area contributed by atoms with Gasteiger partial charge in [0.05, 0.1) is 12.2 Å². The molecule has 3 amide bonds. The van der Waals surface area contributed by atoms with E-state index in [9.17, 15) is 22.8 Å². The molecule has 0 atom stereocenters. The Kier molecular flexibility index (Phi) is 5.18. The molecular weight excluding hydrogens is 385 g/mol. The van der Waals surface area contributed by atoms with Crippen LogP contribution in [0.4, 0.5) is 23.7 Å². The van der Waals surface area contributed by atoms with Crippen LogP contribution in [0.5, 0.6) is 0 Å². The summed E-state index contributed by atoms with van der Waals surface area (Å²) in [5, 5.41) is 2.91. The number of rotatable bonds is 3. The number of halogens is 3. The molecule has 158 valence electrons. The Hall–Kier alpha value is -2.29. The molecule has 1 aromatic rings. The van der Waals surface area contributed by atoms with Crippen molar-refractivity contribution < 1.29 is 22.8 Å². The fraction of sp³-hybridized carbons (Fsp3) is 0.600. The molecule has 0 bridgehead atoms. The molecule has 6 nitrogen and oxygen atoms in total. The van der Waals surface area contributed by atoms with Crippen molar-refractivity contribution in [3.05, 3.63) is 29.8 Å². The Morgan fingerprint density at radius 3 is 2.34 bits per heavy atom. The smallest absolute Gasteiger partial charge is 0.369 e. The second-order valence-corrected chi connectivity index (χ2v) is 8.10. The minimum absolute atomic E-state index is 0.137. The zero-order chi connectivity index (χ0) is 20.6. The van der Waals surface area contributed by atoms with Gasteiger partial charge in [-0.25, -0.2) is 9.69 Å². The second-order valence-electron chi connectivity index (χ2n) is 8.10. The molecule has 4 rings (SSSR count). The van der Waals surface area contributed by atoms with Crippen molar-refractivity contribution in [1.82, 2.24) is 15.1 Å². The van der Waals surface area contributed by atoms with E-state index in [2.05, 4.69) is 5.32 Å². The molecule has 2 saturated heterocycles. The number of carbonyl (C=O) groups excluding carboxylic acids is 2. The van der Waals surface area contributed by atoms with Crippen molar-refractivity contribution in [2.75, 3.05) is 37.7 Å². The largest absolute Gasteiger partial charge is 0.416 e. The number of amides is 3. The number of piperazine rings is 1. The van der Waals surface area contributed by atoms with E-state index in [4.69, 9.17) is 0 Å². The standard InChI is InChI=1S/C20H25F3N4O2/c21-20(22,23)15-5-4-6-16(13-15)26-11-9-25(10-12-26)14-27-17(28)19(24-18(27)29)7-2-1-3-8-19/h4-6,13H,1-3,7-12,14H2,(H,24,29). The zero-order valence-corrected chi connectivity index (χ0v) is 16.2. The molecule has 1 spiro atoms. The van der Waals surface area contributed by atoms with Crippen LogP contribution in [0.3, 0.4) is 0 Å². The third-order valence-corrected chi connectivity index (χ3v) is 6.21. The number of urea groups is 1. The summed E-state index contributed by atoms with van der Waals surface area (Å²) in [7, 11) is 0. The number of alkyl halides is 3. The lowest BCUT2D eigenvalue weighted by molar-refractivity contribution is -0.137. The van der Waals surface area contributed by atoms with Crippen molar-refractivity contribution >= 4 is 17.6 Å². The zero-order valence-electron chi connectivity index (χ0n) is 16.2. The normalized spacial score (nSPS) is 23.0. The van der Waals surface area contributed by atoms with Crippen molar-refractivity contribution in [2.24, 2.45) is 0 Å². The highest BCUT2D eigenvalue weighted by Crippen LogP contribution is 2.34. The van der Waals surface area contributed by atoms with Crippen molar-refractivity contribution in [1.29, 1.82) is 0 Å². The van der Waals surface area contributed by atoms with E-state index in [-0.39, 0.29) is 18.6 Å². The summed E-state index contributed by atoms with van der Waals surface area (Å²) >= 11 is 0. The maximum absolute atomic E-state index is 12.9. The molecule has 1 N–H and O–H groups in total. The average molecular weight is 410 g/mol. The maximum Gasteiger partial charge on any atom is 0.416 e. The number of imide groups is 1. The van der Waals surface area contributed by atoms with Gasteiger partial charge in [0.1, 0.15) is 5.54 Å². The number of hydrogen-bond donors (Lipinski definition) is 1. The van der Waals surface area contributed by atoms with E-state index in [1.165, 1.54) is 17.0 Å². The Balaban J connectivity index is 1.36. The third-order valence-electron chi connectivity index (χ3n) is 6.21. The number of nitrogens with zero attached hydrogens (tertiary/aromatic N) is 3. The van der Waals surface area contributed by atoms with Gasteiger partial charge in [0, 0.05) is 31.9 Å². The van der Waals surface area contributed by atoms with Crippen molar-refractivity contribution in [2.45, 2.75) is 43.8 Å². The summed E-state index contributed by atoms with van der Waals surface area (Å²) in [6.07, 6.45) is -0.0153. The van der Waals surface area contributed by atoms with Gasteiger partial charge in [0.2, 0.25) is 0 Å². The first-order valence-electron chi connectivity index (χ1n) is 10.1. The molecule has 0 unspecified atom stereocenters. The van der Waals surface area contributed by atoms with Crippen LogP contribution >= 0.6 is 0 Å². The van der Waals surface area contributed by atoms with Crippen LogP contribution in [-0.2, 0) is 11.0 Å². The SMILES string of the molecule is O=C1NC2(CCCCC2)C(=O)N1CN1CCN(c2cccc(C(F)(F)F)c2)CC1. The number of benzene rings is 1. The molecule has 0 aromatic heterocycles. The summed E-state index contributed by atoms with van der Waals surface area (Å²) in [6.45, 7) is 2.44. The van der Waals surface area contributed by atoms with Crippen molar-refractivity contribution in [3.8, 4) is 0 Å². The van der Waals surface area contributed by atoms with E-state index in [0.717, 1.165) is 25.3 Å². The van der Waals surface area contributed by atoms with Crippen LogP contribution in [-0.4, -0.2) is 60.1 Å². The number of hydrogen-bond acceptors (Lipinski definition) is 4. The summed E-state index contributed by atoms with van der Waals surface area (Å²) in [4.78, 5) is 30.5. The molecule has 3 fully saturated rings. The Morgan fingerprint density at radius 2 is 1.69 bits per heavy atom. The molecule has 9 heteroatoms. The quantitative estimate of drug-likeness (QED) is 0.779.